The van der Waals surface area contributed by atoms with Crippen LogP contribution >= 0.6 is 12.4 Å². The van der Waals surface area contributed by atoms with Crippen LogP contribution in [0.15, 0.2) is 0 Å². The largest absolute Gasteiger partial charge is 0.330 e. The van der Waals surface area contributed by atoms with Crippen molar-refractivity contribution in [2.45, 2.75) is 6.42 Å². The first-order valence-corrected chi connectivity index (χ1v) is 1.41. The predicted octanol–water partition coefficient (Wildman–Crippen LogP) is 0.591. The van der Waals surface area contributed by atoms with Gasteiger partial charge in [-0.15, -0.1) is 12.4 Å². The molecule has 2 heteroatoms. The van der Waals surface area contributed by atoms with Gasteiger partial charge in [0.05, 0.1) is 0 Å². The van der Waals surface area contributed by atoms with E-state index < -0.39 is 0 Å². The summed E-state index contributed by atoms with van der Waals surface area (Å²) in [5.41, 5.74) is 4.97. The van der Waals surface area contributed by atoms with Gasteiger partial charge in [-0.25, -0.2) is 0 Å². The van der Waals surface area contributed by atoms with Crippen LogP contribution in [0.5, 0.6) is 0 Å². The van der Waals surface area contributed by atoms with Crippen LogP contribution in [0.1, 0.15) is 6.42 Å². The molecule has 2 N–H and O–H groups in total. The number of nitrogens with two attached hydrogens (primary N) is 1. The first-order valence-electron chi connectivity index (χ1n) is 1.41. The molecule has 0 unspecified atom stereocenters. The quantitative estimate of drug-likeness (QED) is 0.506. The molecule has 0 spiro atoms. The summed E-state index contributed by atoms with van der Waals surface area (Å²) in [5, 5.41) is 0. The normalized spacial score (nSPS) is 6.00. The summed E-state index contributed by atoms with van der Waals surface area (Å²) in [5.74, 6) is 0. The highest BCUT2D eigenvalue weighted by Gasteiger charge is 1.55. The maximum Gasteiger partial charge on any atom is -0.00773 e. The lowest BCUT2D eigenvalue weighted by atomic mass is 10.5. The molecular formula is C3H9ClN. The number of hydrogen-bond donors (Lipinski definition) is 1. The maximum atomic E-state index is 4.97. The molecule has 5 heavy (non-hydrogen) atoms. The Kier molecular flexibility index (Phi) is 15.9. The average molecular weight is 94.6 g/mol. The molecule has 0 aliphatic rings. The molecule has 0 aliphatic heterocycles. The lowest BCUT2D eigenvalue weighted by Gasteiger charge is -1.70. The molecule has 0 rings (SSSR count). The summed E-state index contributed by atoms with van der Waals surface area (Å²) in [6.07, 6.45) is 0.847. The molecule has 0 bridgehead atoms. The van der Waals surface area contributed by atoms with E-state index in [-0.39, 0.29) is 12.4 Å². The van der Waals surface area contributed by atoms with E-state index in [1.807, 2.05) is 0 Å². The third-order valence-corrected chi connectivity index (χ3v) is 0.204. The van der Waals surface area contributed by atoms with Crippen molar-refractivity contribution in [1.29, 1.82) is 0 Å². The Morgan fingerprint density at radius 1 is 1.60 bits per heavy atom. The van der Waals surface area contributed by atoms with E-state index in [1.54, 1.807) is 0 Å². The van der Waals surface area contributed by atoms with Gasteiger partial charge in [0, 0.05) is 0 Å². The van der Waals surface area contributed by atoms with Crippen molar-refractivity contribution < 1.29 is 0 Å². The molecule has 33 valence electrons. The van der Waals surface area contributed by atoms with Crippen LogP contribution in [0, 0.1) is 6.92 Å². The van der Waals surface area contributed by atoms with Gasteiger partial charge in [0.25, 0.3) is 0 Å². The Morgan fingerprint density at radius 2 is 1.80 bits per heavy atom. The summed E-state index contributed by atoms with van der Waals surface area (Å²) in [7, 11) is 0. The van der Waals surface area contributed by atoms with Crippen molar-refractivity contribution in [2.24, 2.45) is 5.73 Å². The minimum atomic E-state index is 0. The van der Waals surface area contributed by atoms with Crippen LogP contribution < -0.4 is 5.73 Å². The highest BCUT2D eigenvalue weighted by Crippen LogP contribution is 1.55. The van der Waals surface area contributed by atoms with E-state index in [0.29, 0.717) is 6.54 Å². The third-order valence-electron chi connectivity index (χ3n) is 0.204. The molecule has 0 fully saturated rings. The highest BCUT2D eigenvalue weighted by atomic mass is 35.5. The fourth-order valence-electron chi connectivity index (χ4n) is 0. The molecule has 0 aliphatic carbocycles. The summed E-state index contributed by atoms with van der Waals surface area (Å²) in [4.78, 5) is 0. The third kappa shape index (κ3) is 13.8. The fourth-order valence-corrected chi connectivity index (χ4v) is 0. The fraction of sp³-hybridized carbons (Fsp3) is 0.667. The van der Waals surface area contributed by atoms with Gasteiger partial charge in [-0.05, 0) is 13.0 Å². The molecule has 0 atom stereocenters. The van der Waals surface area contributed by atoms with E-state index in [2.05, 4.69) is 6.92 Å². The second-order valence-corrected chi connectivity index (χ2v) is 0.642. The van der Waals surface area contributed by atoms with E-state index in [1.165, 1.54) is 0 Å². The number of hydrogen-bond acceptors (Lipinski definition) is 1. The van der Waals surface area contributed by atoms with E-state index in [0.717, 1.165) is 6.42 Å². The molecule has 0 aromatic heterocycles. The first kappa shape index (κ1) is 8.98. The molecule has 0 aromatic rings. The van der Waals surface area contributed by atoms with Crippen molar-refractivity contribution in [3.63, 3.8) is 0 Å². The molecule has 1 nitrogen and oxygen atoms in total. The molecular weight excluding hydrogens is 85.5 g/mol. The van der Waals surface area contributed by atoms with Crippen LogP contribution in [-0.2, 0) is 0 Å². The van der Waals surface area contributed by atoms with Crippen LogP contribution in [-0.4, -0.2) is 6.54 Å². The van der Waals surface area contributed by atoms with Crippen molar-refractivity contribution in [3.05, 3.63) is 6.92 Å². The smallest absolute Gasteiger partial charge is 0.00773 e. The topological polar surface area (TPSA) is 26.0 Å². The standard InChI is InChI=1S/C3H8N.ClH/c1-2-3-4;/h1-4H2;1H. The Hall–Kier alpha value is 0.250. The summed E-state index contributed by atoms with van der Waals surface area (Å²) >= 11 is 0. The zero-order chi connectivity index (χ0) is 3.41. The van der Waals surface area contributed by atoms with Gasteiger partial charge in [0.15, 0.2) is 0 Å². The van der Waals surface area contributed by atoms with Gasteiger partial charge < -0.3 is 5.73 Å². The Balaban J connectivity index is 0. The predicted molar refractivity (Wildman–Crippen MR) is 26.3 cm³/mol. The molecule has 0 amide bonds. The summed E-state index contributed by atoms with van der Waals surface area (Å²) in [6, 6.07) is 0. The summed E-state index contributed by atoms with van der Waals surface area (Å²) in [6.45, 7) is 4.19. The second-order valence-electron chi connectivity index (χ2n) is 0.642. The van der Waals surface area contributed by atoms with Gasteiger partial charge in [-0.3, -0.25) is 0 Å². The lowest BCUT2D eigenvalue weighted by molar-refractivity contribution is 1.01. The van der Waals surface area contributed by atoms with Crippen molar-refractivity contribution in [1.82, 2.24) is 0 Å². The molecule has 0 aromatic carbocycles. The van der Waals surface area contributed by atoms with Crippen molar-refractivity contribution in [3.8, 4) is 0 Å². The minimum Gasteiger partial charge on any atom is -0.330 e. The van der Waals surface area contributed by atoms with E-state index in [4.69, 9.17) is 5.73 Å². The Labute approximate surface area is 39.0 Å². The minimum absolute atomic E-state index is 0. The average Bonchev–Trinajstić information content (AvgIpc) is 1.37. The van der Waals surface area contributed by atoms with Crippen molar-refractivity contribution >= 4 is 12.4 Å². The van der Waals surface area contributed by atoms with Gasteiger partial charge in [-0.1, -0.05) is 6.92 Å². The van der Waals surface area contributed by atoms with Gasteiger partial charge in [-0.2, -0.15) is 0 Å². The molecule has 0 saturated carbocycles. The maximum absolute atomic E-state index is 4.97. The first-order chi connectivity index (χ1) is 1.91. The SMILES string of the molecule is Cl.[CH2]CCN. The Bertz CT molecular complexity index is 8.85. The molecule has 1 radical (unpaired) electrons. The Morgan fingerprint density at radius 3 is 1.80 bits per heavy atom. The van der Waals surface area contributed by atoms with Gasteiger partial charge >= 0.3 is 0 Å². The monoisotopic (exact) mass is 94.0 g/mol. The van der Waals surface area contributed by atoms with Crippen LogP contribution in [0.4, 0.5) is 0 Å². The van der Waals surface area contributed by atoms with E-state index >= 15 is 0 Å². The van der Waals surface area contributed by atoms with E-state index in [9.17, 15) is 0 Å². The van der Waals surface area contributed by atoms with Crippen LogP contribution in [0.25, 0.3) is 0 Å². The number of halogens is 1. The van der Waals surface area contributed by atoms with Crippen LogP contribution in [0.3, 0.4) is 0 Å². The molecule has 0 saturated heterocycles. The lowest BCUT2D eigenvalue weighted by Crippen LogP contribution is -1.93. The van der Waals surface area contributed by atoms with Gasteiger partial charge in [0.2, 0.25) is 0 Å². The number of rotatable bonds is 1. The van der Waals surface area contributed by atoms with Gasteiger partial charge in [0.1, 0.15) is 0 Å². The van der Waals surface area contributed by atoms with Crippen molar-refractivity contribution in [2.75, 3.05) is 6.54 Å². The zero-order valence-corrected chi connectivity index (χ0v) is 3.92. The molecule has 0 heterocycles. The second kappa shape index (κ2) is 8.87. The summed E-state index contributed by atoms with van der Waals surface area (Å²) < 4.78 is 0. The van der Waals surface area contributed by atoms with Crippen LogP contribution in [0.2, 0.25) is 0 Å². The highest BCUT2D eigenvalue weighted by molar-refractivity contribution is 5.85. The zero-order valence-electron chi connectivity index (χ0n) is 3.11.